The van der Waals surface area contributed by atoms with Gasteiger partial charge >= 0.3 is 0 Å². The number of hydrogen-bond donors (Lipinski definition) is 0. The van der Waals surface area contributed by atoms with Crippen molar-refractivity contribution in [3.63, 3.8) is 0 Å². The molecule has 0 aromatic heterocycles. The van der Waals surface area contributed by atoms with Crippen LogP contribution in [0, 0.1) is 0 Å². The summed E-state index contributed by atoms with van der Waals surface area (Å²) in [5.41, 5.74) is 1.16. The molecule has 0 nitrogen and oxygen atoms in total. The Morgan fingerprint density at radius 1 is 0.425 bits per heavy atom. The molecule has 0 radical (unpaired) electrons. The van der Waals surface area contributed by atoms with Crippen molar-refractivity contribution in [1.29, 1.82) is 0 Å². The first-order valence-corrected chi connectivity index (χ1v) is 18.9. The fourth-order valence-corrected chi connectivity index (χ4v) is 14.0. The number of rotatable bonds is 7. The average Bonchev–Trinajstić information content (AvgIpc) is 3.04. The molecule has 6 rings (SSSR count). The number of benzene rings is 6. The predicted octanol–water partition coefficient (Wildman–Crippen LogP) is 8.40. The summed E-state index contributed by atoms with van der Waals surface area (Å²) in [6, 6.07) is 52.7. The zero-order valence-electron chi connectivity index (χ0n) is 21.9. The molecule has 40 heavy (non-hydrogen) atoms. The largest absolute Gasteiger partial charge is 0.0832 e. The van der Waals surface area contributed by atoms with Crippen molar-refractivity contribution >= 4 is 73.0 Å². The molecule has 0 aliphatic rings. The number of hydrogen-bond acceptors (Lipinski definition) is 2. The molecule has 0 aliphatic carbocycles. The van der Waals surface area contributed by atoms with Gasteiger partial charge in [-0.05, 0) is 43.4 Å². The van der Waals surface area contributed by atoms with Crippen LogP contribution in [0.2, 0.25) is 0 Å². The standard InChI is InChI=1S/C36H28P2S2/c39-37(30-18-5-1-6-19-30,31-20-7-2-8-21-31)28-36(35-27-15-17-29-16-13-14-26-34(29)35)38(40,32-22-9-3-10-23-32)33-24-11-4-12-25-33/h1-28H/b36-28+. The number of fused-ring (bicyclic) bond motifs is 1. The topological polar surface area (TPSA) is 0 Å². The minimum Gasteiger partial charge on any atom is -0.0832 e. The molecular weight excluding hydrogens is 558 g/mol. The van der Waals surface area contributed by atoms with Gasteiger partial charge in [0.05, 0.1) is 0 Å². The van der Waals surface area contributed by atoms with Crippen molar-refractivity contribution in [1.82, 2.24) is 0 Å². The highest BCUT2D eigenvalue weighted by atomic mass is 32.4. The van der Waals surface area contributed by atoms with Gasteiger partial charge in [-0.3, -0.25) is 0 Å². The van der Waals surface area contributed by atoms with Gasteiger partial charge in [0.2, 0.25) is 0 Å². The monoisotopic (exact) mass is 586 g/mol. The Balaban J connectivity index is 1.78. The van der Waals surface area contributed by atoms with Crippen molar-refractivity contribution in [2.45, 2.75) is 0 Å². The third-order valence-corrected chi connectivity index (χ3v) is 16.7. The first-order chi connectivity index (χ1) is 19.6. The molecule has 0 N–H and O–H groups in total. The Labute approximate surface area is 247 Å². The fourth-order valence-electron chi connectivity index (χ4n) is 5.24. The van der Waals surface area contributed by atoms with Crippen molar-refractivity contribution < 1.29 is 0 Å². The van der Waals surface area contributed by atoms with E-state index in [0.717, 1.165) is 32.1 Å². The molecule has 6 aromatic carbocycles. The van der Waals surface area contributed by atoms with Crippen molar-refractivity contribution in [3.05, 3.63) is 175 Å². The van der Waals surface area contributed by atoms with Gasteiger partial charge in [-0.2, -0.15) is 0 Å². The summed E-state index contributed by atoms with van der Waals surface area (Å²) in [4.78, 5) is 0. The first kappa shape index (κ1) is 26.8. The second kappa shape index (κ2) is 11.6. The SMILES string of the molecule is S=P(/C=C(\c1cccc2ccccc12)P(=S)(c1ccccc1)c1ccccc1)(c1ccccc1)c1ccccc1. The van der Waals surface area contributed by atoms with E-state index in [9.17, 15) is 0 Å². The summed E-state index contributed by atoms with van der Waals surface area (Å²) in [7, 11) is 0. The van der Waals surface area contributed by atoms with Crippen LogP contribution < -0.4 is 21.2 Å². The van der Waals surface area contributed by atoms with E-state index < -0.39 is 12.1 Å². The summed E-state index contributed by atoms with van der Waals surface area (Å²) in [5, 5.41) is 8.21. The van der Waals surface area contributed by atoms with Gasteiger partial charge in [0.15, 0.2) is 0 Å². The normalized spacial score (nSPS) is 12.3. The molecule has 0 aliphatic heterocycles. The Hall–Kier alpha value is -3.38. The van der Waals surface area contributed by atoms with Crippen molar-refractivity contribution in [2.24, 2.45) is 0 Å². The van der Waals surface area contributed by atoms with E-state index in [-0.39, 0.29) is 0 Å². The van der Waals surface area contributed by atoms with Crippen LogP contribution in [0.5, 0.6) is 0 Å². The van der Waals surface area contributed by atoms with Crippen LogP contribution in [0.25, 0.3) is 16.1 Å². The van der Waals surface area contributed by atoms with Crippen molar-refractivity contribution in [3.8, 4) is 0 Å². The first-order valence-electron chi connectivity index (χ1n) is 13.2. The van der Waals surface area contributed by atoms with Crippen LogP contribution >= 0.6 is 12.1 Å². The van der Waals surface area contributed by atoms with E-state index in [0.29, 0.717) is 0 Å². The van der Waals surface area contributed by atoms with Crippen LogP contribution in [-0.2, 0) is 23.6 Å². The lowest BCUT2D eigenvalue weighted by Crippen LogP contribution is -2.19. The molecule has 0 bridgehead atoms. The fraction of sp³-hybridized carbons (Fsp3) is 0. The molecule has 0 spiro atoms. The average molecular weight is 587 g/mol. The second-order valence-corrected chi connectivity index (χ2v) is 18.4. The lowest BCUT2D eigenvalue weighted by atomic mass is 10.0. The van der Waals surface area contributed by atoms with Gasteiger partial charge < -0.3 is 0 Å². The summed E-state index contributed by atoms with van der Waals surface area (Å²) in [6.07, 6.45) is 0. The maximum atomic E-state index is 6.98. The molecule has 0 atom stereocenters. The van der Waals surface area contributed by atoms with Gasteiger partial charge in [-0.15, -0.1) is 0 Å². The van der Waals surface area contributed by atoms with Crippen LogP contribution in [0.4, 0.5) is 0 Å². The minimum absolute atomic E-state index is 1.16. The third-order valence-electron chi connectivity index (χ3n) is 7.23. The van der Waals surface area contributed by atoms with Gasteiger partial charge in [0.25, 0.3) is 0 Å². The molecule has 0 amide bonds. The smallest absolute Gasteiger partial charge is 0.0386 e. The summed E-state index contributed by atoms with van der Waals surface area (Å²) in [5.74, 6) is 2.41. The Bertz CT molecular complexity index is 1790. The zero-order chi connectivity index (χ0) is 27.4. The van der Waals surface area contributed by atoms with E-state index >= 15 is 0 Å². The van der Waals surface area contributed by atoms with Crippen LogP contribution in [0.1, 0.15) is 5.56 Å². The van der Waals surface area contributed by atoms with E-state index in [1.165, 1.54) is 10.8 Å². The van der Waals surface area contributed by atoms with Crippen LogP contribution in [0.3, 0.4) is 0 Å². The van der Waals surface area contributed by atoms with Gasteiger partial charge in [0, 0.05) is 17.4 Å². The van der Waals surface area contributed by atoms with E-state index in [4.69, 9.17) is 23.6 Å². The summed E-state index contributed by atoms with van der Waals surface area (Å²) < 4.78 is 0. The highest BCUT2D eigenvalue weighted by molar-refractivity contribution is 8.28. The van der Waals surface area contributed by atoms with Crippen molar-refractivity contribution in [2.75, 3.05) is 0 Å². The lowest BCUT2D eigenvalue weighted by molar-refractivity contribution is 1.70. The maximum Gasteiger partial charge on any atom is 0.0386 e. The van der Waals surface area contributed by atoms with Gasteiger partial charge in [-0.1, -0.05) is 187 Å². The molecule has 0 saturated carbocycles. The molecule has 6 aromatic rings. The molecule has 0 unspecified atom stereocenters. The third kappa shape index (κ3) is 4.98. The molecule has 194 valence electrons. The van der Waals surface area contributed by atoms with Crippen LogP contribution in [0.15, 0.2) is 170 Å². The Morgan fingerprint density at radius 3 is 1.32 bits per heavy atom. The quantitative estimate of drug-likeness (QED) is 0.172. The summed E-state index contributed by atoms with van der Waals surface area (Å²) >= 11 is 13.8. The maximum absolute atomic E-state index is 6.98. The Morgan fingerprint density at radius 2 is 0.825 bits per heavy atom. The Kier molecular flexibility index (Phi) is 7.79. The van der Waals surface area contributed by atoms with E-state index in [2.05, 4.69) is 170 Å². The second-order valence-electron chi connectivity index (χ2n) is 9.65. The molecular formula is C36H28P2S2. The van der Waals surface area contributed by atoms with Crippen LogP contribution in [-0.4, -0.2) is 0 Å². The van der Waals surface area contributed by atoms with Gasteiger partial charge in [-0.25, -0.2) is 0 Å². The molecule has 0 heterocycles. The van der Waals surface area contributed by atoms with E-state index in [1.807, 2.05) is 0 Å². The lowest BCUT2D eigenvalue weighted by Gasteiger charge is -2.30. The molecule has 0 fully saturated rings. The molecule has 4 heteroatoms. The van der Waals surface area contributed by atoms with Gasteiger partial charge in [0.1, 0.15) is 0 Å². The highest BCUT2D eigenvalue weighted by Crippen LogP contribution is 2.62. The highest BCUT2D eigenvalue weighted by Gasteiger charge is 2.32. The molecule has 0 saturated heterocycles. The minimum atomic E-state index is -2.54. The predicted molar refractivity (Wildman–Crippen MR) is 185 cm³/mol. The summed E-state index contributed by atoms with van der Waals surface area (Å²) in [6.45, 7) is 0. The zero-order valence-corrected chi connectivity index (χ0v) is 25.3. The van der Waals surface area contributed by atoms with E-state index in [1.54, 1.807) is 0 Å².